The summed E-state index contributed by atoms with van der Waals surface area (Å²) in [5.74, 6) is 1.39. The molecule has 1 atom stereocenters. The fourth-order valence-corrected chi connectivity index (χ4v) is 4.21. The lowest BCUT2D eigenvalue weighted by Crippen LogP contribution is -2.31. The zero-order chi connectivity index (χ0) is 20.5. The van der Waals surface area contributed by atoms with Crippen LogP contribution < -0.4 is 10.6 Å². The molecule has 0 aromatic carbocycles. The maximum absolute atomic E-state index is 13.3. The molecule has 1 unspecified atom stereocenters. The van der Waals surface area contributed by atoms with Gasteiger partial charge in [-0.2, -0.15) is 4.98 Å². The zero-order valence-electron chi connectivity index (χ0n) is 16.0. The van der Waals surface area contributed by atoms with Crippen LogP contribution in [0, 0.1) is 0 Å². The quantitative estimate of drug-likeness (QED) is 0.527. The highest BCUT2D eigenvalue weighted by Gasteiger charge is 2.35. The molecule has 0 fully saturated rings. The summed E-state index contributed by atoms with van der Waals surface area (Å²) in [6.45, 7) is 1.87. The minimum absolute atomic E-state index is 0.235. The average Bonchev–Trinajstić information content (AvgIpc) is 3.44. The summed E-state index contributed by atoms with van der Waals surface area (Å²) in [4.78, 5) is 27.2. The normalized spacial score (nSPS) is 15.4. The second-order valence-electron chi connectivity index (χ2n) is 6.70. The Balaban J connectivity index is 1.58. The van der Waals surface area contributed by atoms with E-state index in [4.69, 9.17) is 5.10 Å². The number of amides is 1. The molecule has 8 nitrogen and oxygen atoms in total. The van der Waals surface area contributed by atoms with Gasteiger partial charge in [0.05, 0.1) is 5.57 Å². The third kappa shape index (κ3) is 3.25. The summed E-state index contributed by atoms with van der Waals surface area (Å²) in [6, 6.07) is 12.7. The first-order chi connectivity index (χ1) is 14.7. The van der Waals surface area contributed by atoms with Crippen LogP contribution in [0.4, 0.5) is 11.8 Å². The van der Waals surface area contributed by atoms with Gasteiger partial charge in [-0.25, -0.2) is 9.67 Å². The third-order valence-electron chi connectivity index (χ3n) is 4.74. The fraction of sp³-hybridized carbons (Fsp3) is 0.0952. The van der Waals surface area contributed by atoms with E-state index in [2.05, 4.69) is 25.6 Å². The molecular formula is C21H17N7OS. The number of carbonyl (C=O) groups excluding carboxylic acids is 1. The predicted molar refractivity (Wildman–Crippen MR) is 115 cm³/mol. The molecule has 0 spiro atoms. The largest absolute Gasteiger partial charge is 0.328 e. The third-order valence-corrected chi connectivity index (χ3v) is 5.66. The molecule has 0 bridgehead atoms. The Morgan fingerprint density at radius 1 is 1.17 bits per heavy atom. The van der Waals surface area contributed by atoms with Crippen LogP contribution in [0.5, 0.6) is 0 Å². The van der Waals surface area contributed by atoms with E-state index in [1.54, 1.807) is 46.7 Å². The highest BCUT2D eigenvalue weighted by molar-refractivity contribution is 7.10. The van der Waals surface area contributed by atoms with Crippen LogP contribution >= 0.6 is 11.3 Å². The predicted octanol–water partition coefficient (Wildman–Crippen LogP) is 3.72. The minimum Gasteiger partial charge on any atom is -0.328 e. The van der Waals surface area contributed by atoms with Gasteiger partial charge in [0.1, 0.15) is 11.9 Å². The van der Waals surface area contributed by atoms with E-state index in [-0.39, 0.29) is 5.91 Å². The lowest BCUT2D eigenvalue weighted by molar-refractivity contribution is -0.113. The summed E-state index contributed by atoms with van der Waals surface area (Å²) in [5.41, 5.74) is 2.10. The molecule has 1 aliphatic heterocycles. The number of nitrogens with zero attached hydrogens (tertiary/aromatic N) is 5. The number of thiophene rings is 1. The van der Waals surface area contributed by atoms with Crippen LogP contribution in [0.2, 0.25) is 0 Å². The van der Waals surface area contributed by atoms with Crippen molar-refractivity contribution in [1.29, 1.82) is 0 Å². The molecule has 0 radical (unpaired) electrons. The Bertz CT molecular complexity index is 1220. The number of carbonyl (C=O) groups is 1. The Morgan fingerprint density at radius 2 is 2.10 bits per heavy atom. The lowest BCUT2D eigenvalue weighted by Gasteiger charge is -2.27. The van der Waals surface area contributed by atoms with Crippen LogP contribution in [0.25, 0.3) is 11.4 Å². The highest BCUT2D eigenvalue weighted by Crippen LogP contribution is 2.38. The molecule has 4 aromatic rings. The molecule has 1 aliphatic rings. The molecular weight excluding hydrogens is 398 g/mol. The van der Waals surface area contributed by atoms with Crippen molar-refractivity contribution in [3.63, 3.8) is 0 Å². The number of hydrogen-bond donors (Lipinski definition) is 2. The van der Waals surface area contributed by atoms with E-state index in [1.807, 2.05) is 42.6 Å². The second-order valence-corrected chi connectivity index (χ2v) is 7.68. The molecule has 148 valence electrons. The first kappa shape index (κ1) is 18.2. The zero-order valence-corrected chi connectivity index (χ0v) is 16.8. The van der Waals surface area contributed by atoms with Crippen LogP contribution in [0.3, 0.4) is 0 Å². The molecule has 9 heteroatoms. The summed E-state index contributed by atoms with van der Waals surface area (Å²) in [7, 11) is 0. The van der Waals surface area contributed by atoms with Gasteiger partial charge >= 0.3 is 0 Å². The Kier molecular flexibility index (Phi) is 4.56. The van der Waals surface area contributed by atoms with E-state index in [1.165, 1.54) is 0 Å². The van der Waals surface area contributed by atoms with Gasteiger partial charge in [-0.1, -0.05) is 12.1 Å². The Morgan fingerprint density at radius 3 is 2.83 bits per heavy atom. The number of nitrogens with one attached hydrogen (secondary N) is 2. The van der Waals surface area contributed by atoms with E-state index < -0.39 is 6.04 Å². The van der Waals surface area contributed by atoms with Crippen molar-refractivity contribution in [2.75, 3.05) is 10.6 Å². The first-order valence-corrected chi connectivity index (χ1v) is 10.2. The van der Waals surface area contributed by atoms with Gasteiger partial charge in [0.2, 0.25) is 5.95 Å². The van der Waals surface area contributed by atoms with Crippen LogP contribution in [0.15, 0.2) is 77.7 Å². The highest BCUT2D eigenvalue weighted by atomic mass is 32.1. The van der Waals surface area contributed by atoms with Gasteiger partial charge in [-0.05, 0) is 42.6 Å². The van der Waals surface area contributed by atoms with Gasteiger partial charge in [-0.3, -0.25) is 9.78 Å². The van der Waals surface area contributed by atoms with Crippen molar-refractivity contribution in [3.05, 3.63) is 82.6 Å². The molecule has 0 aliphatic carbocycles. The SMILES string of the molecule is CC1=C(C(=O)Nc2ccccn2)C(c2cccs2)n2nc(-c3cccnc3)nc2N1. The smallest absolute Gasteiger partial charge is 0.257 e. The number of pyridine rings is 2. The van der Waals surface area contributed by atoms with Gasteiger partial charge in [0.25, 0.3) is 5.91 Å². The monoisotopic (exact) mass is 415 g/mol. The van der Waals surface area contributed by atoms with Crippen molar-refractivity contribution in [2.45, 2.75) is 13.0 Å². The van der Waals surface area contributed by atoms with Gasteiger partial charge in [0.15, 0.2) is 5.82 Å². The minimum atomic E-state index is -0.400. The first-order valence-electron chi connectivity index (χ1n) is 9.31. The van der Waals surface area contributed by atoms with Gasteiger partial charge in [-0.15, -0.1) is 16.4 Å². The summed E-state index contributed by atoms with van der Waals surface area (Å²) < 4.78 is 1.76. The molecule has 5 rings (SSSR count). The summed E-state index contributed by atoms with van der Waals surface area (Å²) in [6.07, 6.45) is 5.07. The van der Waals surface area contributed by atoms with E-state index in [9.17, 15) is 4.79 Å². The maximum atomic E-state index is 13.3. The standard InChI is InChI=1S/C21H17N7OS/c1-13-17(20(29)25-16-8-2-3-10-23-16)18(15-7-5-11-30-15)28-21(24-13)26-19(27-28)14-6-4-9-22-12-14/h2-12,18H,1H3,(H,23,25,29)(H,24,26,27). The molecule has 1 amide bonds. The molecule has 30 heavy (non-hydrogen) atoms. The molecule has 0 saturated heterocycles. The molecule has 2 N–H and O–H groups in total. The number of fused-ring (bicyclic) bond motifs is 1. The number of hydrogen-bond acceptors (Lipinski definition) is 7. The average molecular weight is 415 g/mol. The Hall–Kier alpha value is -3.85. The maximum Gasteiger partial charge on any atom is 0.257 e. The number of aromatic nitrogens is 5. The van der Waals surface area contributed by atoms with E-state index in [0.29, 0.717) is 23.2 Å². The number of allylic oxidation sites excluding steroid dienone is 1. The van der Waals surface area contributed by atoms with Crippen molar-refractivity contribution < 1.29 is 4.79 Å². The number of anilines is 2. The topological polar surface area (TPSA) is 97.6 Å². The van der Waals surface area contributed by atoms with Crippen LogP contribution in [-0.2, 0) is 4.79 Å². The molecule has 4 aromatic heterocycles. The summed E-state index contributed by atoms with van der Waals surface area (Å²) >= 11 is 1.57. The fourth-order valence-electron chi connectivity index (χ4n) is 3.39. The van der Waals surface area contributed by atoms with Crippen LogP contribution in [0.1, 0.15) is 17.8 Å². The number of rotatable bonds is 4. The van der Waals surface area contributed by atoms with Gasteiger partial charge < -0.3 is 10.6 Å². The van der Waals surface area contributed by atoms with Crippen molar-refractivity contribution >= 4 is 29.0 Å². The molecule has 5 heterocycles. The molecule has 0 saturated carbocycles. The van der Waals surface area contributed by atoms with Crippen molar-refractivity contribution in [2.24, 2.45) is 0 Å². The van der Waals surface area contributed by atoms with E-state index >= 15 is 0 Å². The van der Waals surface area contributed by atoms with Crippen molar-refractivity contribution in [1.82, 2.24) is 24.7 Å². The lowest BCUT2D eigenvalue weighted by atomic mass is 10.0. The van der Waals surface area contributed by atoms with E-state index in [0.717, 1.165) is 16.1 Å². The summed E-state index contributed by atoms with van der Waals surface area (Å²) in [5, 5.41) is 12.8. The Labute approximate surface area is 176 Å². The second kappa shape index (κ2) is 7.53. The van der Waals surface area contributed by atoms with Gasteiger partial charge in [0, 0.05) is 34.7 Å². The van der Waals surface area contributed by atoms with Crippen molar-refractivity contribution in [3.8, 4) is 11.4 Å². The van der Waals surface area contributed by atoms with Crippen LogP contribution in [-0.4, -0.2) is 30.6 Å².